The monoisotopic (exact) mass is 281 g/mol. The lowest BCUT2D eigenvalue weighted by molar-refractivity contribution is 0.0945. The summed E-state index contributed by atoms with van der Waals surface area (Å²) < 4.78 is 12.9. The number of carbonyl (C=O) groups excluding carboxylic acids is 1. The van der Waals surface area contributed by atoms with Crippen LogP contribution in [0.25, 0.3) is 0 Å². The van der Waals surface area contributed by atoms with Crippen LogP contribution in [0.5, 0.6) is 0 Å². The van der Waals surface area contributed by atoms with Crippen LogP contribution in [0, 0.1) is 5.82 Å². The highest BCUT2D eigenvalue weighted by Crippen LogP contribution is 2.15. The number of nitrogens with zero attached hydrogens (tertiary/aromatic N) is 1. The molecule has 1 heterocycles. The van der Waals surface area contributed by atoms with Crippen molar-refractivity contribution in [3.63, 3.8) is 0 Å². The van der Waals surface area contributed by atoms with Gasteiger partial charge in [-0.2, -0.15) is 5.10 Å². The van der Waals surface area contributed by atoms with Crippen molar-refractivity contribution in [1.82, 2.24) is 15.5 Å². The zero-order chi connectivity index (χ0) is 13.8. The Morgan fingerprint density at radius 2 is 2.16 bits per heavy atom. The molecule has 0 bridgehead atoms. The van der Waals surface area contributed by atoms with Crippen LogP contribution in [0.2, 0.25) is 5.02 Å². The van der Waals surface area contributed by atoms with Crippen LogP contribution in [0.15, 0.2) is 35.1 Å². The molecule has 1 aromatic carbocycles. The van der Waals surface area contributed by atoms with Crippen molar-refractivity contribution < 1.29 is 9.18 Å². The number of aromatic nitrogens is 2. The lowest BCUT2D eigenvalue weighted by Crippen LogP contribution is -2.25. The van der Waals surface area contributed by atoms with Gasteiger partial charge in [-0.3, -0.25) is 9.59 Å². The number of hydrogen-bond acceptors (Lipinski definition) is 3. The van der Waals surface area contributed by atoms with E-state index in [-0.39, 0.29) is 22.8 Å². The van der Waals surface area contributed by atoms with Gasteiger partial charge in [-0.25, -0.2) is 9.49 Å². The molecule has 98 valence electrons. The summed E-state index contributed by atoms with van der Waals surface area (Å²) in [5.74, 6) is -0.962. The maximum atomic E-state index is 12.9. The molecule has 0 saturated heterocycles. The molecule has 7 heteroatoms. The van der Waals surface area contributed by atoms with Gasteiger partial charge in [0, 0.05) is 12.6 Å². The summed E-state index contributed by atoms with van der Waals surface area (Å²) in [6.07, 6.45) is 0. The zero-order valence-corrected chi connectivity index (χ0v) is 10.4. The Balaban J connectivity index is 2.02. The molecule has 0 spiro atoms. The molecule has 0 aliphatic rings. The molecule has 0 aliphatic heterocycles. The molecule has 0 atom stereocenters. The first-order valence-electron chi connectivity index (χ1n) is 5.34. The Kier molecular flexibility index (Phi) is 3.91. The lowest BCUT2D eigenvalue weighted by atomic mass is 10.2. The van der Waals surface area contributed by atoms with E-state index in [1.54, 1.807) is 0 Å². The molecular formula is C12H9ClFN3O2. The van der Waals surface area contributed by atoms with Crippen LogP contribution in [0.3, 0.4) is 0 Å². The van der Waals surface area contributed by atoms with Crippen LogP contribution >= 0.6 is 11.6 Å². The van der Waals surface area contributed by atoms with Crippen LogP contribution < -0.4 is 10.9 Å². The normalized spacial score (nSPS) is 10.2. The Labute approximate surface area is 112 Å². The highest BCUT2D eigenvalue weighted by Gasteiger charge is 2.07. The van der Waals surface area contributed by atoms with E-state index in [2.05, 4.69) is 15.5 Å². The minimum absolute atomic E-state index is 0.00563. The van der Waals surface area contributed by atoms with E-state index in [0.29, 0.717) is 5.56 Å². The highest BCUT2D eigenvalue weighted by atomic mass is 35.5. The van der Waals surface area contributed by atoms with E-state index in [9.17, 15) is 14.0 Å². The first kappa shape index (κ1) is 13.2. The first-order valence-corrected chi connectivity index (χ1v) is 5.72. The van der Waals surface area contributed by atoms with Gasteiger partial charge in [0.05, 0.1) is 5.02 Å². The number of benzene rings is 1. The Morgan fingerprint density at radius 1 is 1.37 bits per heavy atom. The van der Waals surface area contributed by atoms with Crippen molar-refractivity contribution in [3.8, 4) is 0 Å². The van der Waals surface area contributed by atoms with Crippen molar-refractivity contribution in [2.45, 2.75) is 6.54 Å². The average Bonchev–Trinajstić information content (AvgIpc) is 2.40. The smallest absolute Gasteiger partial charge is 0.271 e. The van der Waals surface area contributed by atoms with Gasteiger partial charge in [0.1, 0.15) is 11.5 Å². The standard InChI is InChI=1S/C12H9ClFN3O2/c13-8-5-7(1-2-9(8)14)6-15-12(19)10-3-4-11(18)17-16-10/h1-5H,6H2,(H,15,19)(H,17,18). The maximum Gasteiger partial charge on any atom is 0.271 e. The van der Waals surface area contributed by atoms with E-state index in [1.807, 2.05) is 0 Å². The third-order valence-electron chi connectivity index (χ3n) is 2.35. The average molecular weight is 282 g/mol. The summed E-state index contributed by atoms with van der Waals surface area (Å²) in [6, 6.07) is 6.68. The molecule has 0 radical (unpaired) electrons. The van der Waals surface area contributed by atoms with Gasteiger partial charge in [0.25, 0.3) is 11.5 Å². The Morgan fingerprint density at radius 3 is 2.79 bits per heavy atom. The van der Waals surface area contributed by atoms with Crippen molar-refractivity contribution in [2.75, 3.05) is 0 Å². The lowest BCUT2D eigenvalue weighted by Gasteiger charge is -2.05. The number of halogens is 2. The van der Waals surface area contributed by atoms with Crippen LogP contribution in [0.4, 0.5) is 4.39 Å². The predicted molar refractivity (Wildman–Crippen MR) is 67.4 cm³/mol. The topological polar surface area (TPSA) is 74.8 Å². The summed E-state index contributed by atoms with van der Waals surface area (Å²) in [7, 11) is 0. The largest absolute Gasteiger partial charge is 0.347 e. The minimum atomic E-state index is -0.515. The van der Waals surface area contributed by atoms with E-state index < -0.39 is 11.7 Å². The Bertz CT molecular complexity index is 652. The van der Waals surface area contributed by atoms with E-state index in [1.165, 1.54) is 30.3 Å². The number of aromatic amines is 1. The van der Waals surface area contributed by atoms with Crippen LogP contribution in [-0.2, 0) is 6.54 Å². The number of hydrogen-bond donors (Lipinski definition) is 2. The second-order valence-corrected chi connectivity index (χ2v) is 4.14. The van der Waals surface area contributed by atoms with Crippen LogP contribution in [0.1, 0.15) is 16.1 Å². The minimum Gasteiger partial charge on any atom is -0.347 e. The van der Waals surface area contributed by atoms with Gasteiger partial charge in [-0.05, 0) is 23.8 Å². The predicted octanol–water partition coefficient (Wildman–Crippen LogP) is 1.49. The molecule has 5 nitrogen and oxygen atoms in total. The van der Waals surface area contributed by atoms with Gasteiger partial charge in [-0.15, -0.1) is 0 Å². The SMILES string of the molecule is O=C(NCc1ccc(F)c(Cl)c1)c1ccc(=O)[nH]n1. The summed E-state index contributed by atoms with van der Waals surface area (Å²) in [5.41, 5.74) is 0.360. The van der Waals surface area contributed by atoms with Gasteiger partial charge in [0.15, 0.2) is 0 Å². The number of amides is 1. The third kappa shape index (κ3) is 3.38. The van der Waals surface area contributed by atoms with Crippen molar-refractivity contribution in [1.29, 1.82) is 0 Å². The fourth-order valence-corrected chi connectivity index (χ4v) is 1.60. The summed E-state index contributed by atoms with van der Waals surface area (Å²) in [4.78, 5) is 22.5. The maximum absolute atomic E-state index is 12.9. The number of nitrogens with one attached hydrogen (secondary N) is 2. The Hall–Kier alpha value is -2.21. The highest BCUT2D eigenvalue weighted by molar-refractivity contribution is 6.30. The summed E-state index contributed by atoms with van der Waals surface area (Å²) >= 11 is 5.62. The molecular weight excluding hydrogens is 273 g/mol. The second kappa shape index (κ2) is 5.62. The fraction of sp³-hybridized carbons (Fsp3) is 0.0833. The number of rotatable bonds is 3. The van der Waals surface area contributed by atoms with Gasteiger partial charge in [0.2, 0.25) is 0 Å². The molecule has 2 N–H and O–H groups in total. The van der Waals surface area contributed by atoms with Crippen molar-refractivity contribution in [3.05, 3.63) is 62.8 Å². The number of H-pyrrole nitrogens is 1. The molecule has 1 amide bonds. The quantitative estimate of drug-likeness (QED) is 0.895. The van der Waals surface area contributed by atoms with E-state index >= 15 is 0 Å². The molecule has 0 fully saturated rings. The van der Waals surface area contributed by atoms with Crippen molar-refractivity contribution in [2.24, 2.45) is 0 Å². The molecule has 2 rings (SSSR count). The van der Waals surface area contributed by atoms with Gasteiger partial charge >= 0.3 is 0 Å². The second-order valence-electron chi connectivity index (χ2n) is 3.74. The number of carbonyl (C=O) groups is 1. The third-order valence-corrected chi connectivity index (χ3v) is 2.64. The van der Waals surface area contributed by atoms with Gasteiger partial charge in [-0.1, -0.05) is 17.7 Å². The van der Waals surface area contributed by atoms with E-state index in [4.69, 9.17) is 11.6 Å². The first-order chi connectivity index (χ1) is 9.06. The molecule has 1 aromatic heterocycles. The molecule has 0 saturated carbocycles. The summed E-state index contributed by atoms with van der Waals surface area (Å²) in [6.45, 7) is 0.180. The molecule has 2 aromatic rings. The van der Waals surface area contributed by atoms with E-state index in [0.717, 1.165) is 0 Å². The van der Waals surface area contributed by atoms with Gasteiger partial charge < -0.3 is 5.32 Å². The molecule has 0 unspecified atom stereocenters. The fourth-order valence-electron chi connectivity index (χ4n) is 1.39. The molecule has 19 heavy (non-hydrogen) atoms. The van der Waals surface area contributed by atoms with Crippen LogP contribution in [-0.4, -0.2) is 16.1 Å². The zero-order valence-electron chi connectivity index (χ0n) is 9.61. The van der Waals surface area contributed by atoms with Crippen molar-refractivity contribution >= 4 is 17.5 Å². The summed E-state index contributed by atoms with van der Waals surface area (Å²) in [5, 5.41) is 8.32. The molecule has 0 aliphatic carbocycles.